The number of aromatic nitrogens is 1. The van der Waals surface area contributed by atoms with E-state index < -0.39 is 6.04 Å². The number of carbonyl (C=O) groups is 1. The predicted octanol–water partition coefficient (Wildman–Crippen LogP) is -0.215. The molecule has 0 spiro atoms. The average molecular weight is 151 g/mol. The van der Waals surface area contributed by atoms with E-state index in [1.165, 1.54) is 0 Å². The van der Waals surface area contributed by atoms with Crippen LogP contribution in [0.1, 0.15) is 11.7 Å². The van der Waals surface area contributed by atoms with E-state index in [9.17, 15) is 4.79 Å². The topological polar surface area (TPSA) is 68.0 Å². The van der Waals surface area contributed by atoms with E-state index in [1.807, 2.05) is 0 Å². The quantitative estimate of drug-likeness (QED) is 0.356. The second kappa shape index (κ2) is 3.80. The van der Waals surface area contributed by atoms with Crippen LogP contribution in [0, 0.1) is 0 Å². The highest BCUT2D eigenvalue weighted by molar-refractivity contribution is 5.59. The summed E-state index contributed by atoms with van der Waals surface area (Å²) >= 11 is 0. The molecule has 0 saturated carbocycles. The van der Waals surface area contributed by atoms with Crippen LogP contribution in [0.4, 0.5) is 0 Å². The first-order valence-corrected chi connectivity index (χ1v) is 3.21. The van der Waals surface area contributed by atoms with Crippen LogP contribution in [-0.2, 0) is 4.79 Å². The van der Waals surface area contributed by atoms with Crippen LogP contribution in [-0.4, -0.2) is 11.3 Å². The fraction of sp³-hybridized carbons (Fsp3) is 0.143. The summed E-state index contributed by atoms with van der Waals surface area (Å²) in [4.78, 5) is 14.3. The Bertz CT molecular complexity index is 224. The molecule has 0 saturated heterocycles. The van der Waals surface area contributed by atoms with E-state index in [4.69, 9.17) is 5.84 Å². The maximum atomic E-state index is 10.4. The van der Waals surface area contributed by atoms with Crippen LogP contribution < -0.4 is 11.3 Å². The molecule has 0 aliphatic rings. The zero-order valence-electron chi connectivity index (χ0n) is 5.90. The second-order valence-corrected chi connectivity index (χ2v) is 2.04. The Hall–Kier alpha value is -1.26. The minimum Gasteiger partial charge on any atom is -0.301 e. The van der Waals surface area contributed by atoms with Crippen molar-refractivity contribution in [1.82, 2.24) is 10.4 Å². The zero-order valence-corrected chi connectivity index (χ0v) is 5.90. The molecule has 4 heteroatoms. The lowest BCUT2D eigenvalue weighted by atomic mass is 10.2. The largest absolute Gasteiger partial charge is 0.301 e. The monoisotopic (exact) mass is 151 g/mol. The zero-order chi connectivity index (χ0) is 8.10. The maximum Gasteiger partial charge on any atom is 0.144 e. The molecule has 0 aliphatic heterocycles. The number of hydrogen-bond donors (Lipinski definition) is 2. The van der Waals surface area contributed by atoms with Crippen LogP contribution in [0.15, 0.2) is 24.4 Å². The molecular weight excluding hydrogens is 142 g/mol. The predicted molar refractivity (Wildman–Crippen MR) is 40.4 cm³/mol. The van der Waals surface area contributed by atoms with Crippen molar-refractivity contribution in [3.8, 4) is 0 Å². The summed E-state index contributed by atoms with van der Waals surface area (Å²) in [6, 6.07) is 4.81. The standard InChI is InChI=1S/C7H9N3O/c8-10-7(5-11)6-3-1-2-4-9-6/h1-5,7,10H,8H2. The van der Waals surface area contributed by atoms with E-state index in [0.29, 0.717) is 12.0 Å². The molecule has 58 valence electrons. The van der Waals surface area contributed by atoms with Gasteiger partial charge in [0.15, 0.2) is 0 Å². The molecule has 1 rings (SSSR count). The van der Waals surface area contributed by atoms with Crippen LogP contribution >= 0.6 is 0 Å². The normalized spacial score (nSPS) is 12.5. The Morgan fingerprint density at radius 1 is 1.64 bits per heavy atom. The van der Waals surface area contributed by atoms with Crippen molar-refractivity contribution in [2.75, 3.05) is 0 Å². The van der Waals surface area contributed by atoms with Gasteiger partial charge in [0.05, 0.1) is 5.69 Å². The fourth-order valence-electron chi connectivity index (χ4n) is 0.754. The summed E-state index contributed by atoms with van der Waals surface area (Å²) in [5, 5.41) is 0. The number of aldehydes is 1. The minimum atomic E-state index is -0.504. The van der Waals surface area contributed by atoms with Gasteiger partial charge < -0.3 is 4.79 Å². The van der Waals surface area contributed by atoms with Gasteiger partial charge in [-0.3, -0.25) is 10.8 Å². The molecule has 0 aromatic carbocycles. The van der Waals surface area contributed by atoms with Crippen molar-refractivity contribution < 1.29 is 4.79 Å². The fourth-order valence-corrected chi connectivity index (χ4v) is 0.754. The first-order valence-electron chi connectivity index (χ1n) is 3.21. The Morgan fingerprint density at radius 2 is 2.45 bits per heavy atom. The van der Waals surface area contributed by atoms with Gasteiger partial charge in [-0.25, -0.2) is 5.43 Å². The lowest BCUT2D eigenvalue weighted by Crippen LogP contribution is -2.29. The van der Waals surface area contributed by atoms with Crippen LogP contribution in [0.25, 0.3) is 0 Å². The third kappa shape index (κ3) is 1.83. The van der Waals surface area contributed by atoms with E-state index in [-0.39, 0.29) is 0 Å². The number of nitrogens with two attached hydrogens (primary N) is 1. The molecule has 0 radical (unpaired) electrons. The minimum absolute atomic E-state index is 0.504. The molecule has 1 aromatic rings. The Balaban J connectivity index is 2.82. The van der Waals surface area contributed by atoms with Gasteiger partial charge in [0, 0.05) is 6.20 Å². The van der Waals surface area contributed by atoms with E-state index in [1.54, 1.807) is 24.4 Å². The first kappa shape index (κ1) is 7.84. The third-order valence-electron chi connectivity index (χ3n) is 1.32. The summed E-state index contributed by atoms with van der Waals surface area (Å²) in [6.07, 6.45) is 2.32. The van der Waals surface area contributed by atoms with Gasteiger partial charge in [0.25, 0.3) is 0 Å². The van der Waals surface area contributed by atoms with E-state index >= 15 is 0 Å². The Kier molecular flexibility index (Phi) is 2.71. The van der Waals surface area contributed by atoms with Gasteiger partial charge >= 0.3 is 0 Å². The highest BCUT2D eigenvalue weighted by Gasteiger charge is 2.06. The Morgan fingerprint density at radius 3 is 2.91 bits per heavy atom. The molecule has 3 N–H and O–H groups in total. The molecule has 1 heterocycles. The van der Waals surface area contributed by atoms with Crippen molar-refractivity contribution in [3.63, 3.8) is 0 Å². The molecule has 1 atom stereocenters. The van der Waals surface area contributed by atoms with Crippen LogP contribution in [0.5, 0.6) is 0 Å². The third-order valence-corrected chi connectivity index (χ3v) is 1.32. The summed E-state index contributed by atoms with van der Waals surface area (Å²) in [5.41, 5.74) is 2.97. The number of pyridine rings is 1. The first-order chi connectivity index (χ1) is 5.38. The lowest BCUT2D eigenvalue weighted by Gasteiger charge is -2.05. The number of nitrogens with zero attached hydrogens (tertiary/aromatic N) is 1. The Labute approximate surface area is 64.4 Å². The van der Waals surface area contributed by atoms with Crippen LogP contribution in [0.3, 0.4) is 0 Å². The molecule has 1 unspecified atom stereocenters. The number of carbonyl (C=O) groups excluding carboxylic acids is 1. The van der Waals surface area contributed by atoms with Crippen molar-refractivity contribution >= 4 is 6.29 Å². The smallest absolute Gasteiger partial charge is 0.144 e. The van der Waals surface area contributed by atoms with E-state index in [2.05, 4.69) is 10.4 Å². The highest BCUT2D eigenvalue weighted by Crippen LogP contribution is 2.03. The van der Waals surface area contributed by atoms with Gasteiger partial charge in [0.2, 0.25) is 0 Å². The van der Waals surface area contributed by atoms with Crippen molar-refractivity contribution in [1.29, 1.82) is 0 Å². The molecule has 0 amide bonds. The summed E-state index contributed by atoms with van der Waals surface area (Å²) < 4.78 is 0. The molecule has 11 heavy (non-hydrogen) atoms. The van der Waals surface area contributed by atoms with Gasteiger partial charge in [-0.15, -0.1) is 0 Å². The van der Waals surface area contributed by atoms with E-state index in [0.717, 1.165) is 0 Å². The average Bonchev–Trinajstić information content (AvgIpc) is 2.09. The molecule has 0 aliphatic carbocycles. The molecule has 0 fully saturated rings. The highest BCUT2D eigenvalue weighted by atomic mass is 16.1. The SMILES string of the molecule is NNC(C=O)c1ccccn1. The van der Waals surface area contributed by atoms with Gasteiger partial charge in [-0.1, -0.05) is 6.07 Å². The number of hydrogen-bond acceptors (Lipinski definition) is 4. The number of nitrogens with one attached hydrogen (secondary N) is 1. The summed E-state index contributed by atoms with van der Waals surface area (Å²) in [5.74, 6) is 5.09. The summed E-state index contributed by atoms with van der Waals surface area (Å²) in [7, 11) is 0. The number of rotatable bonds is 3. The van der Waals surface area contributed by atoms with Gasteiger partial charge in [-0.2, -0.15) is 0 Å². The van der Waals surface area contributed by atoms with Gasteiger partial charge in [-0.05, 0) is 12.1 Å². The van der Waals surface area contributed by atoms with Crippen LogP contribution in [0.2, 0.25) is 0 Å². The van der Waals surface area contributed by atoms with Gasteiger partial charge in [0.1, 0.15) is 12.3 Å². The summed E-state index contributed by atoms with van der Waals surface area (Å²) in [6.45, 7) is 0. The van der Waals surface area contributed by atoms with Crippen molar-refractivity contribution in [2.24, 2.45) is 5.84 Å². The maximum absolute atomic E-state index is 10.4. The molecule has 0 bridgehead atoms. The molecular formula is C7H9N3O. The number of hydrazine groups is 1. The van der Waals surface area contributed by atoms with Crippen molar-refractivity contribution in [2.45, 2.75) is 6.04 Å². The molecule has 4 nitrogen and oxygen atoms in total. The lowest BCUT2D eigenvalue weighted by molar-refractivity contribution is -0.109. The van der Waals surface area contributed by atoms with Crippen molar-refractivity contribution in [3.05, 3.63) is 30.1 Å². The second-order valence-electron chi connectivity index (χ2n) is 2.04. The molecule has 1 aromatic heterocycles.